The molecule has 6 nitrogen and oxygen atoms in total. The van der Waals surface area contributed by atoms with Gasteiger partial charge >= 0.3 is 5.79 Å². The van der Waals surface area contributed by atoms with E-state index in [0.717, 1.165) is 0 Å². The maximum Gasteiger partial charge on any atom is 0.303 e. The second kappa shape index (κ2) is 4.78. The second-order valence-corrected chi connectivity index (χ2v) is 6.48. The molecule has 0 amide bonds. The first-order valence-corrected chi connectivity index (χ1v) is 8.24. The lowest BCUT2D eigenvalue weighted by molar-refractivity contribution is -0.184. The Morgan fingerprint density at radius 2 is 1.56 bits per heavy atom. The summed E-state index contributed by atoms with van der Waals surface area (Å²) in [6, 6.07) is 19.9. The van der Waals surface area contributed by atoms with E-state index < -0.39 is 17.0 Å². The largest absolute Gasteiger partial charge is 0.445 e. The summed E-state index contributed by atoms with van der Waals surface area (Å²) in [7, 11) is 0. The third-order valence-electron chi connectivity index (χ3n) is 5.34. The maximum absolute atomic E-state index is 13.6. The summed E-state index contributed by atoms with van der Waals surface area (Å²) >= 11 is 0. The SMILES string of the molecule is N#CC1=C(N)O[C@@]23OC(c4ccccc4)=C(C#N)[C@@]12C(=O)c1ccccc13. The summed E-state index contributed by atoms with van der Waals surface area (Å²) in [6.07, 6.45) is 0. The van der Waals surface area contributed by atoms with E-state index in [1.165, 1.54) is 0 Å². The number of carbonyl (C=O) groups is 1. The molecule has 2 N–H and O–H groups in total. The summed E-state index contributed by atoms with van der Waals surface area (Å²) in [5, 5.41) is 19.8. The van der Waals surface area contributed by atoms with Crippen molar-refractivity contribution in [2.24, 2.45) is 11.1 Å². The number of nitrogens with zero attached hydrogens (tertiary/aromatic N) is 2. The van der Waals surface area contributed by atoms with Gasteiger partial charge in [-0.15, -0.1) is 0 Å². The van der Waals surface area contributed by atoms with Crippen LogP contribution in [0.2, 0.25) is 0 Å². The van der Waals surface area contributed by atoms with Gasteiger partial charge in [0.05, 0.1) is 0 Å². The maximum atomic E-state index is 13.6. The summed E-state index contributed by atoms with van der Waals surface area (Å²) in [5.41, 5.74) is 5.60. The fourth-order valence-electron chi connectivity index (χ4n) is 4.31. The molecule has 2 aromatic rings. The lowest BCUT2D eigenvalue weighted by Gasteiger charge is -2.31. The van der Waals surface area contributed by atoms with E-state index >= 15 is 0 Å². The monoisotopic (exact) mass is 353 g/mol. The molecule has 0 spiro atoms. The van der Waals surface area contributed by atoms with E-state index in [9.17, 15) is 15.3 Å². The molecule has 0 bridgehead atoms. The van der Waals surface area contributed by atoms with Crippen molar-refractivity contribution in [2.75, 3.05) is 0 Å². The highest BCUT2D eigenvalue weighted by molar-refractivity contribution is 6.14. The third kappa shape index (κ3) is 1.44. The quantitative estimate of drug-likeness (QED) is 0.844. The Balaban J connectivity index is 1.91. The van der Waals surface area contributed by atoms with Gasteiger partial charge < -0.3 is 15.2 Å². The summed E-state index contributed by atoms with van der Waals surface area (Å²) < 4.78 is 12.1. The summed E-state index contributed by atoms with van der Waals surface area (Å²) in [5.74, 6) is -2.06. The van der Waals surface area contributed by atoms with Crippen LogP contribution < -0.4 is 5.73 Å². The molecule has 2 aliphatic heterocycles. The highest BCUT2D eigenvalue weighted by Crippen LogP contribution is 2.70. The fourth-order valence-corrected chi connectivity index (χ4v) is 4.31. The van der Waals surface area contributed by atoms with Crippen LogP contribution in [-0.2, 0) is 15.3 Å². The molecule has 0 saturated carbocycles. The summed E-state index contributed by atoms with van der Waals surface area (Å²) in [4.78, 5) is 13.6. The van der Waals surface area contributed by atoms with E-state index in [-0.39, 0.29) is 22.8 Å². The number of fused-ring (bicyclic) bond motifs is 1. The molecule has 128 valence electrons. The van der Waals surface area contributed by atoms with Gasteiger partial charge in [0.2, 0.25) is 5.88 Å². The van der Waals surface area contributed by atoms with Crippen molar-refractivity contribution >= 4 is 11.5 Å². The zero-order valence-electron chi connectivity index (χ0n) is 13.9. The molecule has 27 heavy (non-hydrogen) atoms. The number of ketones is 1. The Bertz CT molecular complexity index is 1180. The van der Waals surface area contributed by atoms with Crippen LogP contribution in [-0.4, -0.2) is 5.78 Å². The van der Waals surface area contributed by atoms with Gasteiger partial charge in [0.15, 0.2) is 11.2 Å². The van der Waals surface area contributed by atoms with Gasteiger partial charge in [-0.2, -0.15) is 10.5 Å². The number of Topliss-reactive ketones (excluding diaryl/α,β-unsaturated/α-hetero) is 1. The van der Waals surface area contributed by atoms with Crippen molar-refractivity contribution in [2.45, 2.75) is 5.79 Å². The van der Waals surface area contributed by atoms with E-state index in [0.29, 0.717) is 16.7 Å². The number of rotatable bonds is 1. The topological polar surface area (TPSA) is 109 Å². The standard InChI is InChI=1S/C21H11N3O3/c22-10-15-17(12-6-2-1-3-7-12)26-21-14-9-5-4-8-13(14)18(25)20(15,21)16(11-23)19(24)27-21/h1-9H,24H2/t20-,21+/m0/s1. The van der Waals surface area contributed by atoms with Gasteiger partial charge in [-0.25, -0.2) is 0 Å². The number of benzene rings is 2. The van der Waals surface area contributed by atoms with Crippen LogP contribution in [0, 0.1) is 28.1 Å². The summed E-state index contributed by atoms with van der Waals surface area (Å²) in [6.45, 7) is 0. The Hall–Kier alpha value is -4.03. The molecule has 2 aromatic carbocycles. The zero-order chi connectivity index (χ0) is 18.8. The number of hydrogen-bond donors (Lipinski definition) is 1. The molecular formula is C21H11N3O3. The van der Waals surface area contributed by atoms with Crippen LogP contribution in [0.25, 0.3) is 5.76 Å². The molecule has 2 atom stereocenters. The number of carbonyl (C=O) groups excluding carboxylic acids is 1. The van der Waals surface area contributed by atoms with Crippen molar-refractivity contribution in [3.8, 4) is 12.1 Å². The van der Waals surface area contributed by atoms with Gasteiger partial charge in [-0.1, -0.05) is 54.6 Å². The molecule has 6 heteroatoms. The van der Waals surface area contributed by atoms with E-state index in [2.05, 4.69) is 6.07 Å². The molecule has 0 unspecified atom stereocenters. The van der Waals surface area contributed by atoms with Crippen LogP contribution in [0.4, 0.5) is 0 Å². The molecule has 1 aliphatic carbocycles. The molecule has 2 heterocycles. The second-order valence-electron chi connectivity index (χ2n) is 6.48. The lowest BCUT2D eigenvalue weighted by atomic mass is 9.69. The highest BCUT2D eigenvalue weighted by Gasteiger charge is 2.80. The molecule has 3 aliphatic rings. The number of nitrogens with two attached hydrogens (primary N) is 1. The minimum Gasteiger partial charge on any atom is -0.445 e. The van der Waals surface area contributed by atoms with Crippen molar-refractivity contribution in [1.82, 2.24) is 0 Å². The van der Waals surface area contributed by atoms with Crippen LogP contribution in [0.1, 0.15) is 21.5 Å². The Morgan fingerprint density at radius 1 is 0.889 bits per heavy atom. The Kier molecular flexibility index (Phi) is 2.70. The Labute approximate surface area is 154 Å². The highest BCUT2D eigenvalue weighted by atomic mass is 16.7. The normalized spacial score (nSPS) is 27.3. The average Bonchev–Trinajstić information content (AvgIpc) is 3.20. The van der Waals surface area contributed by atoms with Gasteiger partial charge in [0.25, 0.3) is 0 Å². The van der Waals surface area contributed by atoms with Crippen molar-refractivity contribution < 1.29 is 14.3 Å². The first kappa shape index (κ1) is 15.2. The number of nitriles is 2. The predicted molar refractivity (Wildman–Crippen MR) is 92.9 cm³/mol. The van der Waals surface area contributed by atoms with Crippen LogP contribution in [0.3, 0.4) is 0 Å². The van der Waals surface area contributed by atoms with E-state index in [4.69, 9.17) is 15.2 Å². The van der Waals surface area contributed by atoms with E-state index in [1.54, 1.807) is 48.5 Å². The van der Waals surface area contributed by atoms with Crippen molar-refractivity contribution in [1.29, 1.82) is 10.5 Å². The van der Waals surface area contributed by atoms with Gasteiger partial charge in [0.1, 0.15) is 29.0 Å². The Morgan fingerprint density at radius 3 is 2.26 bits per heavy atom. The molecule has 0 saturated heterocycles. The van der Waals surface area contributed by atoms with Crippen molar-refractivity contribution in [3.05, 3.63) is 88.3 Å². The van der Waals surface area contributed by atoms with Crippen LogP contribution >= 0.6 is 0 Å². The number of hydrogen-bond acceptors (Lipinski definition) is 6. The van der Waals surface area contributed by atoms with Crippen LogP contribution in [0.15, 0.2) is 71.6 Å². The molecule has 5 rings (SSSR count). The molecule has 0 aromatic heterocycles. The minimum absolute atomic E-state index is 0.0342. The van der Waals surface area contributed by atoms with Gasteiger partial charge in [0, 0.05) is 16.7 Å². The first-order chi connectivity index (χ1) is 13.1. The fraction of sp³-hybridized carbons (Fsp3) is 0.0952. The predicted octanol–water partition coefficient (Wildman–Crippen LogP) is 2.71. The number of ether oxygens (including phenoxy) is 2. The smallest absolute Gasteiger partial charge is 0.303 e. The third-order valence-corrected chi connectivity index (χ3v) is 5.34. The molecular weight excluding hydrogens is 342 g/mol. The average molecular weight is 353 g/mol. The van der Waals surface area contributed by atoms with Crippen LogP contribution in [0.5, 0.6) is 0 Å². The lowest BCUT2D eigenvalue weighted by Crippen LogP contribution is -2.43. The van der Waals surface area contributed by atoms with Gasteiger partial charge in [-0.05, 0) is 0 Å². The van der Waals surface area contributed by atoms with E-state index in [1.807, 2.05) is 12.1 Å². The first-order valence-electron chi connectivity index (χ1n) is 8.24. The zero-order valence-corrected chi connectivity index (χ0v) is 13.9. The van der Waals surface area contributed by atoms with Gasteiger partial charge in [-0.3, -0.25) is 4.79 Å². The minimum atomic E-state index is -1.73. The molecule has 0 fully saturated rings. The van der Waals surface area contributed by atoms with Crippen molar-refractivity contribution in [3.63, 3.8) is 0 Å². The molecule has 0 radical (unpaired) electrons.